The van der Waals surface area contributed by atoms with Gasteiger partial charge in [0, 0.05) is 22.9 Å². The molecule has 0 aliphatic heterocycles. The summed E-state index contributed by atoms with van der Waals surface area (Å²) in [5, 5.41) is 23.9. The first-order valence-electron chi connectivity index (χ1n) is 5.63. The van der Waals surface area contributed by atoms with Crippen molar-refractivity contribution in [1.29, 1.82) is 0 Å². The molecule has 0 bridgehead atoms. The molecule has 1 unspecified atom stereocenters. The molecule has 3 N–H and O–H groups in total. The van der Waals surface area contributed by atoms with E-state index in [1.807, 2.05) is 13.0 Å². The standard InChI is InChI=1S/C12H21NO2S/c1-3-10(11-5-4-6-16-11)13-7-12(2,8-14)9-15/h4-6,10,13-15H,3,7-9H2,1-2H3. The van der Waals surface area contributed by atoms with Crippen LogP contribution >= 0.6 is 11.3 Å². The van der Waals surface area contributed by atoms with Crippen molar-refractivity contribution in [2.45, 2.75) is 26.3 Å². The average Bonchev–Trinajstić information content (AvgIpc) is 2.83. The van der Waals surface area contributed by atoms with Gasteiger partial charge in [-0.3, -0.25) is 0 Å². The van der Waals surface area contributed by atoms with Crippen LogP contribution in [0.4, 0.5) is 0 Å². The molecule has 16 heavy (non-hydrogen) atoms. The summed E-state index contributed by atoms with van der Waals surface area (Å²) in [4.78, 5) is 1.31. The van der Waals surface area contributed by atoms with Crippen molar-refractivity contribution in [3.8, 4) is 0 Å². The average molecular weight is 243 g/mol. The molecule has 0 aromatic carbocycles. The minimum Gasteiger partial charge on any atom is -0.396 e. The van der Waals surface area contributed by atoms with Crippen molar-refractivity contribution < 1.29 is 10.2 Å². The lowest BCUT2D eigenvalue weighted by Crippen LogP contribution is -2.39. The number of hydrogen-bond donors (Lipinski definition) is 3. The number of rotatable bonds is 7. The van der Waals surface area contributed by atoms with E-state index in [1.54, 1.807) is 11.3 Å². The summed E-state index contributed by atoms with van der Waals surface area (Å²) in [5.41, 5.74) is -0.440. The zero-order chi connectivity index (χ0) is 12.0. The lowest BCUT2D eigenvalue weighted by Gasteiger charge is -2.27. The van der Waals surface area contributed by atoms with E-state index >= 15 is 0 Å². The van der Waals surface area contributed by atoms with Gasteiger partial charge in [-0.2, -0.15) is 0 Å². The van der Waals surface area contributed by atoms with E-state index in [0.717, 1.165) is 6.42 Å². The molecule has 0 radical (unpaired) electrons. The highest BCUT2D eigenvalue weighted by Gasteiger charge is 2.23. The van der Waals surface area contributed by atoms with Gasteiger partial charge in [0.05, 0.1) is 13.2 Å². The van der Waals surface area contributed by atoms with Crippen molar-refractivity contribution in [3.63, 3.8) is 0 Å². The van der Waals surface area contributed by atoms with Crippen LogP contribution in [0.1, 0.15) is 31.2 Å². The van der Waals surface area contributed by atoms with Crippen molar-refractivity contribution in [3.05, 3.63) is 22.4 Å². The Kier molecular flexibility index (Phi) is 5.41. The Morgan fingerprint density at radius 3 is 2.56 bits per heavy atom. The van der Waals surface area contributed by atoms with Crippen molar-refractivity contribution >= 4 is 11.3 Å². The fourth-order valence-corrected chi connectivity index (χ4v) is 2.35. The van der Waals surface area contributed by atoms with Crippen molar-refractivity contribution in [1.82, 2.24) is 5.32 Å². The first-order valence-corrected chi connectivity index (χ1v) is 6.51. The van der Waals surface area contributed by atoms with E-state index in [9.17, 15) is 10.2 Å². The highest BCUT2D eigenvalue weighted by atomic mass is 32.1. The predicted molar refractivity (Wildman–Crippen MR) is 67.6 cm³/mol. The lowest BCUT2D eigenvalue weighted by molar-refractivity contribution is 0.0672. The third kappa shape index (κ3) is 3.56. The maximum absolute atomic E-state index is 9.20. The highest BCUT2D eigenvalue weighted by molar-refractivity contribution is 7.10. The highest BCUT2D eigenvalue weighted by Crippen LogP contribution is 2.23. The molecule has 0 aliphatic rings. The van der Waals surface area contributed by atoms with Gasteiger partial charge >= 0.3 is 0 Å². The molecule has 1 atom stereocenters. The Bertz CT molecular complexity index is 283. The minimum absolute atomic E-state index is 0.00260. The van der Waals surface area contributed by atoms with E-state index < -0.39 is 5.41 Å². The summed E-state index contributed by atoms with van der Waals surface area (Å²) in [7, 11) is 0. The maximum Gasteiger partial charge on any atom is 0.0519 e. The summed E-state index contributed by atoms with van der Waals surface area (Å²) in [5.74, 6) is 0. The van der Waals surface area contributed by atoms with Gasteiger partial charge < -0.3 is 15.5 Å². The molecule has 3 nitrogen and oxygen atoms in total. The van der Waals surface area contributed by atoms with Crippen LogP contribution < -0.4 is 5.32 Å². The van der Waals surface area contributed by atoms with Crippen LogP contribution in [0.3, 0.4) is 0 Å². The second-order valence-corrected chi connectivity index (χ2v) is 5.46. The lowest BCUT2D eigenvalue weighted by atomic mass is 9.92. The van der Waals surface area contributed by atoms with E-state index in [2.05, 4.69) is 23.7 Å². The topological polar surface area (TPSA) is 52.5 Å². The second-order valence-electron chi connectivity index (χ2n) is 4.48. The van der Waals surface area contributed by atoms with Gasteiger partial charge in [0.1, 0.15) is 0 Å². The third-order valence-electron chi connectivity index (χ3n) is 2.83. The van der Waals surface area contributed by atoms with Crippen molar-refractivity contribution in [2.24, 2.45) is 5.41 Å². The Morgan fingerprint density at radius 1 is 1.44 bits per heavy atom. The van der Waals surface area contributed by atoms with Crippen LogP contribution in [-0.4, -0.2) is 30.0 Å². The van der Waals surface area contributed by atoms with Gasteiger partial charge in [0.15, 0.2) is 0 Å². The Morgan fingerprint density at radius 2 is 2.12 bits per heavy atom. The van der Waals surface area contributed by atoms with Gasteiger partial charge in [-0.05, 0) is 17.9 Å². The summed E-state index contributed by atoms with van der Waals surface area (Å²) in [6.07, 6.45) is 1.01. The fraction of sp³-hybridized carbons (Fsp3) is 0.667. The molecule has 1 heterocycles. The summed E-state index contributed by atoms with van der Waals surface area (Å²) >= 11 is 1.73. The van der Waals surface area contributed by atoms with E-state index in [4.69, 9.17) is 0 Å². The van der Waals surface area contributed by atoms with Crippen LogP contribution in [0, 0.1) is 5.41 Å². The van der Waals surface area contributed by atoms with Gasteiger partial charge in [-0.15, -0.1) is 11.3 Å². The number of nitrogens with one attached hydrogen (secondary N) is 1. The third-order valence-corrected chi connectivity index (χ3v) is 3.82. The maximum atomic E-state index is 9.20. The largest absolute Gasteiger partial charge is 0.396 e. The van der Waals surface area contributed by atoms with Gasteiger partial charge in [-0.1, -0.05) is 19.9 Å². The van der Waals surface area contributed by atoms with Crippen LogP contribution in [0.5, 0.6) is 0 Å². The summed E-state index contributed by atoms with van der Waals surface area (Å²) in [6, 6.07) is 4.47. The van der Waals surface area contributed by atoms with Gasteiger partial charge in [0.2, 0.25) is 0 Å². The number of thiophene rings is 1. The summed E-state index contributed by atoms with van der Waals surface area (Å²) < 4.78 is 0. The SMILES string of the molecule is CCC(NCC(C)(CO)CO)c1cccs1. The van der Waals surface area contributed by atoms with Crippen LogP contribution in [-0.2, 0) is 0 Å². The smallest absolute Gasteiger partial charge is 0.0519 e. The molecule has 1 aromatic heterocycles. The molecule has 0 saturated carbocycles. The first-order chi connectivity index (χ1) is 7.65. The molecule has 1 rings (SSSR count). The molecule has 0 saturated heterocycles. The van der Waals surface area contributed by atoms with Gasteiger partial charge in [0.25, 0.3) is 0 Å². The quantitative estimate of drug-likeness (QED) is 0.684. The zero-order valence-corrected chi connectivity index (χ0v) is 10.8. The van der Waals surface area contributed by atoms with E-state index in [0.29, 0.717) is 12.6 Å². The number of aliphatic hydroxyl groups excluding tert-OH is 2. The molecular formula is C12H21NO2S. The monoisotopic (exact) mass is 243 g/mol. The molecular weight excluding hydrogens is 222 g/mol. The van der Waals surface area contributed by atoms with E-state index in [-0.39, 0.29) is 13.2 Å². The van der Waals surface area contributed by atoms with Crippen molar-refractivity contribution in [2.75, 3.05) is 19.8 Å². The molecule has 92 valence electrons. The van der Waals surface area contributed by atoms with Gasteiger partial charge in [-0.25, -0.2) is 0 Å². The predicted octanol–water partition coefficient (Wildman–Crippen LogP) is 1.78. The molecule has 0 amide bonds. The zero-order valence-electron chi connectivity index (χ0n) is 9.94. The molecule has 4 heteroatoms. The number of hydrogen-bond acceptors (Lipinski definition) is 4. The van der Waals surface area contributed by atoms with E-state index in [1.165, 1.54) is 4.88 Å². The Labute approximate surface area is 101 Å². The minimum atomic E-state index is -0.440. The fourth-order valence-electron chi connectivity index (χ4n) is 1.47. The number of aliphatic hydroxyl groups is 2. The molecule has 0 fully saturated rings. The van der Waals surface area contributed by atoms with Crippen LogP contribution in [0.25, 0.3) is 0 Å². The van der Waals surface area contributed by atoms with Crippen LogP contribution in [0.2, 0.25) is 0 Å². The summed E-state index contributed by atoms with van der Waals surface area (Å²) in [6.45, 7) is 4.62. The molecule has 0 spiro atoms. The molecule has 0 aliphatic carbocycles. The Balaban J connectivity index is 2.52. The second kappa shape index (κ2) is 6.35. The molecule has 1 aromatic rings. The first kappa shape index (κ1) is 13.6. The normalized spacial score (nSPS) is 14.0. The van der Waals surface area contributed by atoms with Crippen LogP contribution in [0.15, 0.2) is 17.5 Å². The Hall–Kier alpha value is -0.420.